The monoisotopic (exact) mass is 382 g/mol. The number of carbonyl (C=O) groups is 2. The summed E-state index contributed by atoms with van der Waals surface area (Å²) in [6.45, 7) is 2.79. The van der Waals surface area contributed by atoms with E-state index >= 15 is 0 Å². The highest BCUT2D eigenvalue weighted by atomic mass is 32.1. The molecule has 4 rings (SSSR count). The van der Waals surface area contributed by atoms with Gasteiger partial charge in [0.15, 0.2) is 0 Å². The maximum Gasteiger partial charge on any atom is 0.308 e. The molecule has 0 fully saturated rings. The van der Waals surface area contributed by atoms with Crippen LogP contribution in [0, 0.1) is 0 Å². The van der Waals surface area contributed by atoms with Gasteiger partial charge in [0, 0.05) is 39.6 Å². The summed E-state index contributed by atoms with van der Waals surface area (Å²) < 4.78 is 12.7. The maximum atomic E-state index is 11.5. The Bertz CT molecular complexity index is 1150. The number of esters is 2. The van der Waals surface area contributed by atoms with Crippen molar-refractivity contribution >= 4 is 54.8 Å². The van der Waals surface area contributed by atoms with Crippen LogP contribution in [0.1, 0.15) is 13.8 Å². The smallest absolute Gasteiger partial charge is 0.308 e. The molecule has 2 heterocycles. The fourth-order valence-corrected chi connectivity index (χ4v) is 4.73. The number of benzene rings is 2. The Kier molecular flexibility index (Phi) is 4.22. The first kappa shape index (κ1) is 16.8. The lowest BCUT2D eigenvalue weighted by Gasteiger charge is -2.07. The van der Waals surface area contributed by atoms with E-state index in [4.69, 9.17) is 9.47 Å². The molecule has 2 aromatic carbocycles. The summed E-state index contributed by atoms with van der Waals surface area (Å²) in [6, 6.07) is 11.6. The van der Waals surface area contributed by atoms with Crippen LogP contribution in [0.25, 0.3) is 31.3 Å². The summed E-state index contributed by atoms with van der Waals surface area (Å²) in [7, 11) is 0. The molecular formula is C20H14O4S2. The number of fused-ring (bicyclic) bond motifs is 2. The van der Waals surface area contributed by atoms with E-state index in [9.17, 15) is 9.59 Å². The van der Waals surface area contributed by atoms with Crippen molar-refractivity contribution < 1.29 is 19.1 Å². The SMILES string of the molecule is CC(=O)Oc1ccc2c(-c3cc(OC(C)=O)c4ccsc4c3)csc2c1. The minimum absolute atomic E-state index is 0.337. The molecule has 130 valence electrons. The second-order valence-corrected chi connectivity index (χ2v) is 7.66. The molecule has 0 saturated heterocycles. The molecule has 0 aliphatic heterocycles. The van der Waals surface area contributed by atoms with E-state index in [1.807, 2.05) is 29.6 Å². The van der Waals surface area contributed by atoms with Gasteiger partial charge in [0.05, 0.1) is 0 Å². The molecule has 0 radical (unpaired) electrons. The van der Waals surface area contributed by atoms with Crippen LogP contribution in [0.15, 0.2) is 47.2 Å². The summed E-state index contributed by atoms with van der Waals surface area (Å²) >= 11 is 3.19. The molecule has 0 spiro atoms. The summed E-state index contributed by atoms with van der Waals surface area (Å²) in [5.41, 5.74) is 2.05. The van der Waals surface area contributed by atoms with Crippen LogP contribution in [0.3, 0.4) is 0 Å². The van der Waals surface area contributed by atoms with Gasteiger partial charge in [-0.15, -0.1) is 22.7 Å². The van der Waals surface area contributed by atoms with Crippen LogP contribution in [0.4, 0.5) is 0 Å². The van der Waals surface area contributed by atoms with E-state index in [2.05, 4.69) is 11.4 Å². The fourth-order valence-electron chi connectivity index (χ4n) is 2.89. The first-order chi connectivity index (χ1) is 12.5. The van der Waals surface area contributed by atoms with Gasteiger partial charge >= 0.3 is 11.9 Å². The molecule has 4 aromatic rings. The minimum Gasteiger partial charge on any atom is -0.427 e. The third-order valence-corrected chi connectivity index (χ3v) is 5.72. The molecule has 0 N–H and O–H groups in total. The maximum absolute atomic E-state index is 11.5. The van der Waals surface area contributed by atoms with Crippen LogP contribution in [-0.4, -0.2) is 11.9 Å². The summed E-state index contributed by atoms with van der Waals surface area (Å²) in [4.78, 5) is 22.6. The van der Waals surface area contributed by atoms with Crippen molar-refractivity contribution in [3.8, 4) is 22.6 Å². The Balaban J connectivity index is 1.84. The highest BCUT2D eigenvalue weighted by Crippen LogP contribution is 2.40. The summed E-state index contributed by atoms with van der Waals surface area (Å²) in [6.07, 6.45) is 0. The van der Waals surface area contributed by atoms with E-state index in [1.165, 1.54) is 13.8 Å². The number of rotatable bonds is 3. The van der Waals surface area contributed by atoms with Crippen molar-refractivity contribution in [2.45, 2.75) is 13.8 Å². The van der Waals surface area contributed by atoms with Gasteiger partial charge in [-0.2, -0.15) is 0 Å². The number of carbonyl (C=O) groups excluding carboxylic acids is 2. The lowest BCUT2D eigenvalue weighted by Crippen LogP contribution is -2.01. The van der Waals surface area contributed by atoms with Crippen molar-refractivity contribution in [2.24, 2.45) is 0 Å². The van der Waals surface area contributed by atoms with Gasteiger partial charge in [0.25, 0.3) is 0 Å². The van der Waals surface area contributed by atoms with E-state index in [0.717, 1.165) is 31.3 Å². The third-order valence-electron chi connectivity index (χ3n) is 3.91. The minimum atomic E-state index is -0.338. The molecule has 0 unspecified atom stereocenters. The summed E-state index contributed by atoms with van der Waals surface area (Å²) in [5.74, 6) is 0.431. The Morgan fingerprint density at radius 3 is 2.38 bits per heavy atom. The molecule has 26 heavy (non-hydrogen) atoms. The van der Waals surface area contributed by atoms with Gasteiger partial charge in [-0.1, -0.05) is 0 Å². The van der Waals surface area contributed by atoms with Crippen LogP contribution in [0.2, 0.25) is 0 Å². The van der Waals surface area contributed by atoms with Crippen molar-refractivity contribution in [1.29, 1.82) is 0 Å². The predicted molar refractivity (Wildman–Crippen MR) is 105 cm³/mol. The second-order valence-electron chi connectivity index (χ2n) is 5.80. The number of hydrogen-bond donors (Lipinski definition) is 0. The number of thiophene rings is 2. The average molecular weight is 382 g/mol. The Morgan fingerprint density at radius 2 is 1.62 bits per heavy atom. The Labute approximate surface area is 157 Å². The van der Waals surface area contributed by atoms with E-state index in [1.54, 1.807) is 28.7 Å². The normalized spacial score (nSPS) is 11.0. The Hall–Kier alpha value is -2.70. The molecule has 0 atom stereocenters. The largest absolute Gasteiger partial charge is 0.427 e. The lowest BCUT2D eigenvalue weighted by atomic mass is 10.0. The Morgan fingerprint density at radius 1 is 0.846 bits per heavy atom. The molecule has 2 aromatic heterocycles. The van der Waals surface area contributed by atoms with E-state index < -0.39 is 0 Å². The van der Waals surface area contributed by atoms with Gasteiger partial charge in [-0.3, -0.25) is 9.59 Å². The molecule has 4 nitrogen and oxygen atoms in total. The second kappa shape index (κ2) is 6.55. The van der Waals surface area contributed by atoms with Crippen molar-refractivity contribution in [2.75, 3.05) is 0 Å². The lowest BCUT2D eigenvalue weighted by molar-refractivity contribution is -0.132. The molecule has 0 bridgehead atoms. The van der Waals surface area contributed by atoms with Crippen LogP contribution in [0.5, 0.6) is 11.5 Å². The van der Waals surface area contributed by atoms with Gasteiger partial charge in [-0.05, 0) is 52.7 Å². The van der Waals surface area contributed by atoms with E-state index in [0.29, 0.717) is 11.5 Å². The standard InChI is InChI=1S/C20H14O4S2/c1-11(21)23-14-3-4-15-17(10-26-20(15)9-14)13-7-18(24-12(2)22)16-5-6-25-19(16)8-13/h3-10H,1-2H3. The van der Waals surface area contributed by atoms with Crippen LogP contribution >= 0.6 is 22.7 Å². The first-order valence-electron chi connectivity index (χ1n) is 7.91. The topological polar surface area (TPSA) is 52.6 Å². The molecule has 0 aliphatic carbocycles. The fraction of sp³-hybridized carbons (Fsp3) is 0.100. The molecule has 6 heteroatoms. The van der Waals surface area contributed by atoms with Crippen molar-refractivity contribution in [3.05, 3.63) is 47.2 Å². The van der Waals surface area contributed by atoms with Gasteiger partial charge in [0.1, 0.15) is 11.5 Å². The molecule has 0 aliphatic rings. The zero-order valence-corrected chi connectivity index (χ0v) is 15.7. The van der Waals surface area contributed by atoms with Gasteiger partial charge in [0.2, 0.25) is 0 Å². The zero-order chi connectivity index (χ0) is 18.3. The molecular weight excluding hydrogens is 368 g/mol. The zero-order valence-electron chi connectivity index (χ0n) is 14.1. The van der Waals surface area contributed by atoms with Gasteiger partial charge in [-0.25, -0.2) is 0 Å². The quantitative estimate of drug-likeness (QED) is 0.340. The van der Waals surface area contributed by atoms with Crippen LogP contribution < -0.4 is 9.47 Å². The van der Waals surface area contributed by atoms with Crippen molar-refractivity contribution in [3.63, 3.8) is 0 Å². The highest BCUT2D eigenvalue weighted by Gasteiger charge is 2.13. The highest BCUT2D eigenvalue weighted by molar-refractivity contribution is 7.18. The van der Waals surface area contributed by atoms with Crippen molar-refractivity contribution in [1.82, 2.24) is 0 Å². The summed E-state index contributed by atoms with van der Waals surface area (Å²) in [5, 5.41) is 6.05. The van der Waals surface area contributed by atoms with Gasteiger partial charge < -0.3 is 9.47 Å². The predicted octanol–water partition coefficient (Wildman–Crippen LogP) is 5.63. The first-order valence-corrected chi connectivity index (χ1v) is 9.67. The van der Waals surface area contributed by atoms with E-state index in [-0.39, 0.29) is 11.9 Å². The number of ether oxygens (including phenoxy) is 2. The average Bonchev–Trinajstić information content (AvgIpc) is 3.19. The number of hydrogen-bond acceptors (Lipinski definition) is 6. The molecule has 0 saturated carbocycles. The molecule has 0 amide bonds. The van der Waals surface area contributed by atoms with Crippen LogP contribution in [-0.2, 0) is 9.59 Å². The third kappa shape index (κ3) is 3.09.